The van der Waals surface area contributed by atoms with Crippen molar-refractivity contribution >= 4 is 29.0 Å². The van der Waals surface area contributed by atoms with Crippen LogP contribution in [0, 0.1) is 24.7 Å². The molecule has 3 aromatic rings. The van der Waals surface area contributed by atoms with Crippen LogP contribution in [0.25, 0.3) is 10.4 Å². The fraction of sp³-hybridized carbons (Fsp3) is 0.543. The number of nitrogens with zero attached hydrogens (tertiary/aromatic N) is 3. The van der Waals surface area contributed by atoms with Crippen molar-refractivity contribution in [2.45, 2.75) is 90.4 Å². The normalized spacial score (nSPS) is 22.3. The molecule has 2 fully saturated rings. The minimum absolute atomic E-state index is 0.0925. The summed E-state index contributed by atoms with van der Waals surface area (Å²) in [7, 11) is 1.72. The largest absolute Gasteiger partial charge is 0.496 e. The summed E-state index contributed by atoms with van der Waals surface area (Å²) in [5.74, 6) is 2.40. The van der Waals surface area contributed by atoms with Gasteiger partial charge in [0.15, 0.2) is 0 Å². The molecule has 0 saturated heterocycles. The molecule has 2 aliphatic rings. The van der Waals surface area contributed by atoms with Crippen molar-refractivity contribution < 1.29 is 19.4 Å². The highest BCUT2D eigenvalue weighted by atomic mass is 32.1. The summed E-state index contributed by atoms with van der Waals surface area (Å²) in [5.41, 5.74) is 3.59. The number of hydrogen-bond acceptors (Lipinski definition) is 6. The number of amides is 1. The Balaban J connectivity index is 1.33. The molecule has 2 heterocycles. The zero-order valence-electron chi connectivity index (χ0n) is 25.9. The molecule has 1 aromatic carbocycles. The molecule has 0 spiro atoms. The number of methoxy groups -OCH3 is 1. The summed E-state index contributed by atoms with van der Waals surface area (Å²) in [6.45, 7) is 7.07. The molecule has 0 unspecified atom stereocenters. The molecule has 1 N–H and O–H groups in total. The second kappa shape index (κ2) is 14.0. The number of anilines is 1. The molecule has 1 amide bonds. The van der Waals surface area contributed by atoms with Gasteiger partial charge in [-0.2, -0.15) is 0 Å². The van der Waals surface area contributed by atoms with E-state index in [2.05, 4.69) is 50.0 Å². The monoisotopic (exact) mass is 603 g/mol. The van der Waals surface area contributed by atoms with E-state index in [1.165, 1.54) is 11.1 Å². The Bertz CT molecular complexity index is 1400. The van der Waals surface area contributed by atoms with E-state index in [9.17, 15) is 14.7 Å². The number of benzene rings is 1. The van der Waals surface area contributed by atoms with Gasteiger partial charge in [0.2, 0.25) is 5.91 Å². The first kappa shape index (κ1) is 31.2. The first-order valence-corrected chi connectivity index (χ1v) is 16.6. The molecule has 2 saturated carbocycles. The number of carboxylic acids is 1. The maximum Gasteiger partial charge on any atom is 0.303 e. The lowest BCUT2D eigenvalue weighted by atomic mass is 9.77. The number of carboxylic acid groups (broad SMARTS) is 1. The molecule has 2 aromatic heterocycles. The summed E-state index contributed by atoms with van der Waals surface area (Å²) in [6.07, 6.45) is 11.3. The maximum absolute atomic E-state index is 14.2. The third-order valence-corrected chi connectivity index (χ3v) is 10.8. The summed E-state index contributed by atoms with van der Waals surface area (Å²) >= 11 is 1.69. The average Bonchev–Trinajstić information content (AvgIpc) is 3.51. The number of pyridine rings is 1. The number of hydrogen-bond donors (Lipinski definition) is 1. The van der Waals surface area contributed by atoms with Crippen molar-refractivity contribution in [3.8, 4) is 16.2 Å². The average molecular weight is 604 g/mol. The maximum atomic E-state index is 14.2. The second-order valence-corrected chi connectivity index (χ2v) is 13.9. The topological polar surface area (TPSA) is 92.6 Å². The van der Waals surface area contributed by atoms with Gasteiger partial charge in [-0.1, -0.05) is 26.0 Å². The molecular formula is C35H45N3O4S. The third kappa shape index (κ3) is 7.64. The van der Waals surface area contributed by atoms with Crippen molar-refractivity contribution in [3.05, 3.63) is 58.9 Å². The van der Waals surface area contributed by atoms with Gasteiger partial charge in [-0.05, 0) is 111 Å². The van der Waals surface area contributed by atoms with E-state index in [4.69, 9.17) is 9.72 Å². The van der Waals surface area contributed by atoms with Crippen LogP contribution in [0.15, 0.2) is 42.7 Å². The minimum Gasteiger partial charge on any atom is -0.496 e. The molecular weight excluding hydrogens is 558 g/mol. The Morgan fingerprint density at radius 3 is 2.35 bits per heavy atom. The van der Waals surface area contributed by atoms with E-state index < -0.39 is 5.97 Å². The van der Waals surface area contributed by atoms with Crippen LogP contribution in [0.4, 0.5) is 5.82 Å². The predicted octanol–water partition coefficient (Wildman–Crippen LogP) is 8.23. The van der Waals surface area contributed by atoms with Crippen LogP contribution < -0.4 is 9.64 Å². The van der Waals surface area contributed by atoms with Gasteiger partial charge >= 0.3 is 5.97 Å². The van der Waals surface area contributed by atoms with Crippen LogP contribution in [-0.2, 0) is 9.59 Å². The molecule has 7 nitrogen and oxygen atoms in total. The fourth-order valence-electron chi connectivity index (χ4n) is 6.88. The number of aliphatic carboxylic acids is 1. The lowest BCUT2D eigenvalue weighted by Gasteiger charge is -2.35. The summed E-state index contributed by atoms with van der Waals surface area (Å²) in [5, 5.41) is 10.3. The Hall–Kier alpha value is -3.26. The zero-order chi connectivity index (χ0) is 30.5. The quantitative estimate of drug-likeness (QED) is 0.251. The SMILES string of the molecule is COc1ccc([C@H]2CC[C@H](CN(c3cc(-c4cnc(C(C)C)s4)ccn3)C(=O)[C@H]3CC[C@H](CC(=O)O)CC3)CC2)cc1C. The van der Waals surface area contributed by atoms with Crippen LogP contribution in [0.5, 0.6) is 5.75 Å². The smallest absolute Gasteiger partial charge is 0.303 e. The van der Waals surface area contributed by atoms with Crippen molar-refractivity contribution in [1.82, 2.24) is 9.97 Å². The van der Waals surface area contributed by atoms with Crippen molar-refractivity contribution in [2.75, 3.05) is 18.6 Å². The van der Waals surface area contributed by atoms with Gasteiger partial charge in [0.05, 0.1) is 17.0 Å². The summed E-state index contributed by atoms with van der Waals surface area (Å²) in [6, 6.07) is 10.6. The van der Waals surface area contributed by atoms with Crippen molar-refractivity contribution in [2.24, 2.45) is 17.8 Å². The highest BCUT2D eigenvalue weighted by Crippen LogP contribution is 2.39. The lowest BCUT2D eigenvalue weighted by molar-refractivity contribution is -0.138. The Kier molecular flexibility index (Phi) is 10.2. The number of rotatable bonds is 10. The van der Waals surface area contributed by atoms with Crippen LogP contribution >= 0.6 is 11.3 Å². The van der Waals surface area contributed by atoms with Crippen LogP contribution in [0.1, 0.15) is 99.6 Å². The predicted molar refractivity (Wildman–Crippen MR) is 172 cm³/mol. The molecule has 5 rings (SSSR count). The third-order valence-electron chi connectivity index (χ3n) is 9.43. The van der Waals surface area contributed by atoms with Gasteiger partial charge in [0.1, 0.15) is 11.6 Å². The molecule has 8 heteroatoms. The van der Waals surface area contributed by atoms with E-state index in [1.54, 1.807) is 18.4 Å². The van der Waals surface area contributed by atoms with Gasteiger partial charge in [-0.25, -0.2) is 9.97 Å². The van der Waals surface area contributed by atoms with E-state index >= 15 is 0 Å². The second-order valence-electron chi connectivity index (χ2n) is 12.8. The van der Waals surface area contributed by atoms with Gasteiger partial charge in [0, 0.05) is 37.2 Å². The standard InChI is InChI=1S/C35H45N3O4S/c1-22(2)34-37-20-31(43-34)29-15-16-36-32(19-29)38(35(41)27-11-5-24(6-12-27)18-33(39)40)21-25-7-9-26(10-8-25)28-13-14-30(42-4)23(3)17-28/h13-17,19-20,22,24-27H,5-12,18,21H2,1-4H3,(H,39,40)/t24-,25-,26-,27-. The number of carbonyl (C=O) groups is 2. The number of ether oxygens (including phenoxy) is 1. The Labute approximate surface area is 259 Å². The molecule has 0 aliphatic heterocycles. The molecule has 2 aliphatic carbocycles. The minimum atomic E-state index is -0.749. The van der Waals surface area contributed by atoms with Gasteiger partial charge < -0.3 is 9.84 Å². The first-order chi connectivity index (χ1) is 20.7. The first-order valence-electron chi connectivity index (χ1n) is 15.8. The number of aromatic nitrogens is 2. The van der Waals surface area contributed by atoms with E-state index in [1.807, 2.05) is 23.4 Å². The van der Waals surface area contributed by atoms with Gasteiger partial charge in [0.25, 0.3) is 0 Å². The van der Waals surface area contributed by atoms with E-state index in [0.717, 1.165) is 72.6 Å². The highest BCUT2D eigenvalue weighted by molar-refractivity contribution is 7.15. The fourth-order valence-corrected chi connectivity index (χ4v) is 7.79. The summed E-state index contributed by atoms with van der Waals surface area (Å²) in [4.78, 5) is 37.8. The lowest BCUT2D eigenvalue weighted by Crippen LogP contribution is -2.42. The zero-order valence-corrected chi connectivity index (χ0v) is 26.7. The molecule has 0 bridgehead atoms. The van der Waals surface area contributed by atoms with Crippen LogP contribution in [0.2, 0.25) is 0 Å². The summed E-state index contributed by atoms with van der Waals surface area (Å²) < 4.78 is 5.46. The molecule has 43 heavy (non-hydrogen) atoms. The van der Waals surface area contributed by atoms with Gasteiger partial charge in [-0.15, -0.1) is 11.3 Å². The number of aryl methyl sites for hydroxylation is 1. The Morgan fingerprint density at radius 1 is 1.00 bits per heavy atom. The number of carbonyl (C=O) groups excluding carboxylic acids is 1. The highest BCUT2D eigenvalue weighted by Gasteiger charge is 2.34. The van der Waals surface area contributed by atoms with Gasteiger partial charge in [-0.3, -0.25) is 14.5 Å². The van der Waals surface area contributed by atoms with Crippen molar-refractivity contribution in [3.63, 3.8) is 0 Å². The van der Waals surface area contributed by atoms with Crippen LogP contribution in [0.3, 0.4) is 0 Å². The van der Waals surface area contributed by atoms with Crippen molar-refractivity contribution in [1.29, 1.82) is 0 Å². The Morgan fingerprint density at radius 2 is 1.72 bits per heavy atom. The van der Waals surface area contributed by atoms with Crippen LogP contribution in [-0.4, -0.2) is 40.6 Å². The van der Waals surface area contributed by atoms with E-state index in [0.29, 0.717) is 30.1 Å². The molecule has 0 radical (unpaired) electrons. The number of thiazole rings is 1. The molecule has 0 atom stereocenters. The van der Waals surface area contributed by atoms with E-state index in [-0.39, 0.29) is 24.2 Å². The molecule has 230 valence electrons.